The summed E-state index contributed by atoms with van der Waals surface area (Å²) in [6.45, 7) is 2.88. The highest BCUT2D eigenvalue weighted by Crippen LogP contribution is 2.37. The molecule has 0 saturated carbocycles. The van der Waals surface area contributed by atoms with Gasteiger partial charge in [-0.3, -0.25) is 0 Å². The summed E-state index contributed by atoms with van der Waals surface area (Å²) in [5.74, 6) is -1.13. The molecule has 2 aromatic carbocycles. The van der Waals surface area contributed by atoms with Crippen LogP contribution in [-0.4, -0.2) is 16.7 Å². The fourth-order valence-corrected chi connectivity index (χ4v) is 2.21. The SMILES string of the molecule is CC(C)(OC(C#N)(c1ccccc1)c1ccccc1)C(=O)O. The number of hydrogen-bond donors (Lipinski definition) is 1. The molecule has 0 fully saturated rings. The molecule has 4 heteroatoms. The molecular weight excluding hydrogens is 278 g/mol. The average Bonchev–Trinajstić information content (AvgIpc) is 2.54. The zero-order valence-electron chi connectivity index (χ0n) is 12.5. The first-order chi connectivity index (χ1) is 10.4. The molecule has 0 saturated heterocycles. The molecule has 0 unspecified atom stereocenters. The molecule has 22 heavy (non-hydrogen) atoms. The van der Waals surface area contributed by atoms with E-state index in [0.29, 0.717) is 11.1 Å². The van der Waals surface area contributed by atoms with Gasteiger partial charge in [0, 0.05) is 11.1 Å². The fraction of sp³-hybridized carbons (Fsp3) is 0.222. The minimum absolute atomic E-state index is 0.595. The van der Waals surface area contributed by atoms with Crippen molar-refractivity contribution >= 4 is 5.97 Å². The minimum atomic E-state index is -1.51. The average molecular weight is 295 g/mol. The van der Waals surface area contributed by atoms with Crippen LogP contribution in [0.1, 0.15) is 25.0 Å². The van der Waals surface area contributed by atoms with Crippen LogP contribution in [0.15, 0.2) is 60.7 Å². The second-order valence-corrected chi connectivity index (χ2v) is 5.44. The molecule has 0 spiro atoms. The summed E-state index contributed by atoms with van der Waals surface area (Å²) in [5.41, 5.74) is -1.80. The molecule has 0 aliphatic carbocycles. The van der Waals surface area contributed by atoms with Gasteiger partial charge in [-0.1, -0.05) is 60.7 Å². The molecule has 0 heterocycles. The van der Waals surface area contributed by atoms with E-state index in [1.807, 2.05) is 12.1 Å². The number of ether oxygens (including phenoxy) is 1. The van der Waals surface area contributed by atoms with Crippen molar-refractivity contribution in [1.82, 2.24) is 0 Å². The summed E-state index contributed by atoms with van der Waals surface area (Å²) in [4.78, 5) is 11.4. The van der Waals surface area contributed by atoms with Gasteiger partial charge in [0.15, 0.2) is 5.60 Å². The van der Waals surface area contributed by atoms with Gasteiger partial charge in [0.25, 0.3) is 0 Å². The fourth-order valence-electron chi connectivity index (χ4n) is 2.21. The summed E-state index contributed by atoms with van der Waals surface area (Å²) < 4.78 is 5.85. The zero-order chi connectivity index (χ0) is 16.2. The highest BCUT2D eigenvalue weighted by molar-refractivity contribution is 5.76. The van der Waals surface area contributed by atoms with Gasteiger partial charge in [-0.15, -0.1) is 0 Å². The number of nitriles is 1. The summed E-state index contributed by atoms with van der Waals surface area (Å²) in [5, 5.41) is 19.2. The van der Waals surface area contributed by atoms with Gasteiger partial charge >= 0.3 is 5.97 Å². The molecule has 0 radical (unpaired) electrons. The summed E-state index contributed by atoms with van der Waals surface area (Å²) in [6.07, 6.45) is 0. The second kappa shape index (κ2) is 6.00. The molecule has 0 aliphatic heterocycles. The third kappa shape index (κ3) is 2.85. The lowest BCUT2D eigenvalue weighted by molar-refractivity contribution is -0.172. The highest BCUT2D eigenvalue weighted by Gasteiger charge is 2.44. The summed E-state index contributed by atoms with van der Waals surface area (Å²) >= 11 is 0. The Morgan fingerprint density at radius 2 is 1.41 bits per heavy atom. The number of carboxylic acids is 1. The van der Waals surface area contributed by atoms with Crippen molar-refractivity contribution in [3.63, 3.8) is 0 Å². The molecule has 112 valence electrons. The number of hydrogen-bond acceptors (Lipinski definition) is 3. The molecule has 0 aromatic heterocycles. The lowest BCUT2D eigenvalue weighted by Gasteiger charge is -2.34. The van der Waals surface area contributed by atoms with Crippen LogP contribution < -0.4 is 0 Å². The molecule has 0 aliphatic rings. The molecule has 0 atom stereocenters. The van der Waals surface area contributed by atoms with Gasteiger partial charge in [-0.05, 0) is 13.8 Å². The largest absolute Gasteiger partial charge is 0.479 e. The molecule has 1 N–H and O–H groups in total. The predicted molar refractivity (Wildman–Crippen MR) is 82.1 cm³/mol. The second-order valence-electron chi connectivity index (χ2n) is 5.44. The van der Waals surface area contributed by atoms with Crippen LogP contribution in [0.5, 0.6) is 0 Å². The van der Waals surface area contributed by atoms with E-state index in [0.717, 1.165) is 0 Å². The maximum absolute atomic E-state index is 11.4. The van der Waals surface area contributed by atoms with Crippen molar-refractivity contribution in [1.29, 1.82) is 5.26 Å². The van der Waals surface area contributed by atoms with Gasteiger partial charge in [0.2, 0.25) is 5.60 Å². The maximum Gasteiger partial charge on any atom is 0.335 e. The Bertz CT molecular complexity index is 648. The number of rotatable bonds is 5. The highest BCUT2D eigenvalue weighted by atomic mass is 16.5. The zero-order valence-corrected chi connectivity index (χ0v) is 12.5. The monoisotopic (exact) mass is 295 g/mol. The molecule has 4 nitrogen and oxygen atoms in total. The third-order valence-electron chi connectivity index (χ3n) is 3.44. The number of nitrogens with zero attached hydrogens (tertiary/aromatic N) is 1. The van der Waals surface area contributed by atoms with Crippen LogP contribution in [-0.2, 0) is 15.1 Å². The topological polar surface area (TPSA) is 70.3 Å². The molecule has 2 rings (SSSR count). The first-order valence-corrected chi connectivity index (χ1v) is 6.88. The summed E-state index contributed by atoms with van der Waals surface area (Å²) in [7, 11) is 0. The van der Waals surface area contributed by atoms with Crippen LogP contribution >= 0.6 is 0 Å². The normalized spacial score (nSPS) is 11.7. The van der Waals surface area contributed by atoms with Crippen molar-refractivity contribution in [3.05, 3.63) is 71.8 Å². The van der Waals surface area contributed by atoms with Crippen LogP contribution in [0.2, 0.25) is 0 Å². The lowest BCUT2D eigenvalue weighted by Crippen LogP contribution is -2.44. The van der Waals surface area contributed by atoms with E-state index in [-0.39, 0.29) is 0 Å². The van der Waals surface area contributed by atoms with Crippen molar-refractivity contribution in [2.24, 2.45) is 0 Å². The maximum atomic E-state index is 11.4. The Balaban J connectivity index is 2.64. The molecular formula is C18H17NO3. The van der Waals surface area contributed by atoms with E-state index in [9.17, 15) is 15.2 Å². The van der Waals surface area contributed by atoms with E-state index in [2.05, 4.69) is 6.07 Å². The molecule has 0 amide bonds. The Kier molecular flexibility index (Phi) is 4.30. The Labute approximate surface area is 129 Å². The number of carbonyl (C=O) groups is 1. The predicted octanol–water partition coefficient (Wildman–Crippen LogP) is 3.33. The van der Waals surface area contributed by atoms with Gasteiger partial charge in [-0.25, -0.2) is 4.79 Å². The molecule has 0 bridgehead atoms. The van der Waals surface area contributed by atoms with E-state index in [1.165, 1.54) is 13.8 Å². The van der Waals surface area contributed by atoms with E-state index in [4.69, 9.17) is 4.74 Å². The Morgan fingerprint density at radius 3 is 1.73 bits per heavy atom. The smallest absolute Gasteiger partial charge is 0.335 e. The van der Waals surface area contributed by atoms with E-state index in [1.54, 1.807) is 48.5 Å². The standard InChI is InChI=1S/C18H17NO3/c1-17(2,16(20)21)22-18(13-19,14-9-5-3-6-10-14)15-11-7-4-8-12-15/h3-12H,1-2H3,(H,20,21). The number of benzene rings is 2. The molecule has 2 aromatic rings. The third-order valence-corrected chi connectivity index (χ3v) is 3.44. The van der Waals surface area contributed by atoms with Crippen molar-refractivity contribution in [3.8, 4) is 6.07 Å². The van der Waals surface area contributed by atoms with Gasteiger partial charge < -0.3 is 9.84 Å². The van der Waals surface area contributed by atoms with Crippen LogP contribution in [0.25, 0.3) is 0 Å². The quantitative estimate of drug-likeness (QED) is 0.918. The van der Waals surface area contributed by atoms with Crippen molar-refractivity contribution in [2.45, 2.75) is 25.0 Å². The minimum Gasteiger partial charge on any atom is -0.479 e. The van der Waals surface area contributed by atoms with E-state index < -0.39 is 17.2 Å². The number of carboxylic acid groups (broad SMARTS) is 1. The van der Waals surface area contributed by atoms with Gasteiger partial charge in [-0.2, -0.15) is 5.26 Å². The van der Waals surface area contributed by atoms with Crippen LogP contribution in [0, 0.1) is 11.3 Å². The van der Waals surface area contributed by atoms with Crippen LogP contribution in [0.4, 0.5) is 0 Å². The van der Waals surface area contributed by atoms with E-state index >= 15 is 0 Å². The first-order valence-electron chi connectivity index (χ1n) is 6.88. The van der Waals surface area contributed by atoms with Gasteiger partial charge in [0.05, 0.1) is 0 Å². The lowest BCUT2D eigenvalue weighted by atomic mass is 9.86. The first kappa shape index (κ1) is 15.7. The Morgan fingerprint density at radius 1 is 1.00 bits per heavy atom. The van der Waals surface area contributed by atoms with Crippen molar-refractivity contribution in [2.75, 3.05) is 0 Å². The van der Waals surface area contributed by atoms with Crippen molar-refractivity contribution < 1.29 is 14.6 Å². The number of aliphatic carboxylic acids is 1. The summed E-state index contributed by atoms with van der Waals surface area (Å²) in [6, 6.07) is 20.0. The Hall–Kier alpha value is -2.64. The van der Waals surface area contributed by atoms with Gasteiger partial charge in [0.1, 0.15) is 6.07 Å². The van der Waals surface area contributed by atoms with Crippen LogP contribution in [0.3, 0.4) is 0 Å².